The number of hydrogen-bond acceptors (Lipinski definition) is 0. The Morgan fingerprint density at radius 2 is 1.57 bits per heavy atom. The molecule has 0 radical (unpaired) electrons. The van der Waals surface area contributed by atoms with Gasteiger partial charge in [-0.05, 0) is 0 Å². The average molecular weight is 272 g/mol. The van der Waals surface area contributed by atoms with Crippen molar-refractivity contribution in [3.8, 4) is 0 Å². The summed E-state index contributed by atoms with van der Waals surface area (Å²) in [6, 6.07) is 0. The molecule has 0 aliphatic heterocycles. The summed E-state index contributed by atoms with van der Waals surface area (Å²) >= 11 is 3.92. The van der Waals surface area contributed by atoms with E-state index in [0.717, 1.165) is 15.9 Å². The fraction of sp³-hybridized carbons (Fsp3) is 1.00. The Morgan fingerprint density at radius 1 is 1.07 bits per heavy atom. The molecule has 1 aliphatic rings. The van der Waals surface area contributed by atoms with E-state index in [4.69, 9.17) is 0 Å². The maximum atomic E-state index is 3.87. The van der Waals surface area contributed by atoms with Gasteiger partial charge in [-0.25, -0.2) is 0 Å². The van der Waals surface area contributed by atoms with Crippen molar-refractivity contribution in [1.29, 1.82) is 0 Å². The van der Waals surface area contributed by atoms with Crippen LogP contribution in [0.15, 0.2) is 0 Å². The zero-order chi connectivity index (χ0) is 10.4. The molecule has 1 aliphatic carbocycles. The van der Waals surface area contributed by atoms with Gasteiger partial charge in [0.1, 0.15) is 0 Å². The molecule has 0 nitrogen and oxygen atoms in total. The third-order valence-electron chi connectivity index (χ3n) is 3.86. The third-order valence-corrected chi connectivity index (χ3v) is 7.79. The zero-order valence-electron chi connectivity index (χ0n) is 9.77. The molecule has 0 aromatic carbocycles. The van der Waals surface area contributed by atoms with Crippen molar-refractivity contribution < 1.29 is 0 Å². The second-order valence-corrected chi connectivity index (χ2v) is 8.04. The summed E-state index contributed by atoms with van der Waals surface area (Å²) in [5, 5.41) is 0. The summed E-state index contributed by atoms with van der Waals surface area (Å²) in [7, 11) is 0. The Balaban J connectivity index is 2.50. The van der Waals surface area contributed by atoms with E-state index in [1.807, 2.05) is 0 Å². The molecule has 0 saturated heterocycles. The smallest absolute Gasteiger partial charge is 0.306 e. The molecule has 1 fully saturated rings. The van der Waals surface area contributed by atoms with E-state index in [2.05, 4.69) is 26.7 Å². The van der Waals surface area contributed by atoms with Crippen LogP contribution in [0.25, 0.3) is 0 Å². The molecule has 80 valence electrons. The Bertz CT molecular complexity index is 131. The Morgan fingerprint density at radius 3 is 1.93 bits per heavy atom. The van der Waals surface area contributed by atoms with Crippen molar-refractivity contribution >= 4 is 31.1 Å². The molecule has 1 saturated carbocycles. The van der Waals surface area contributed by atoms with Crippen molar-refractivity contribution in [1.82, 2.24) is 0 Å². The SMILES string of the molecule is CCCC1CCCC(CCC)[CH]1[Mg][Br]. The van der Waals surface area contributed by atoms with Gasteiger partial charge in [-0.3, -0.25) is 0 Å². The number of halogens is 1. The topological polar surface area (TPSA) is 0 Å². The highest BCUT2D eigenvalue weighted by molar-refractivity contribution is 9.23. The van der Waals surface area contributed by atoms with Gasteiger partial charge < -0.3 is 12.9 Å². The standard InChI is InChI=1S/C12H23.BrH.Mg/c1-3-6-11-8-5-9-12(10-11)7-4-2;;/h10-12H,3-9H2,1-2H3;1H;/q;;+1/p-1. The maximum Gasteiger partial charge on any atom is 0.472 e. The minimum atomic E-state index is 0.0452. The molecule has 2 unspecified atom stereocenters. The van der Waals surface area contributed by atoms with E-state index >= 15 is 0 Å². The predicted octanol–water partition coefficient (Wildman–Crippen LogP) is 4.81. The molecular weight excluding hydrogens is 248 g/mol. The lowest BCUT2D eigenvalue weighted by molar-refractivity contribution is 0.242. The van der Waals surface area contributed by atoms with Gasteiger partial charge in [-0.15, -0.1) is 4.05 Å². The van der Waals surface area contributed by atoms with Crippen molar-refractivity contribution in [3.63, 3.8) is 0 Å². The molecule has 0 spiro atoms. The molecule has 2 heteroatoms. The van der Waals surface area contributed by atoms with Crippen LogP contribution >= 0.6 is 12.9 Å². The molecule has 0 aromatic heterocycles. The summed E-state index contributed by atoms with van der Waals surface area (Å²) < 4.78 is 1.11. The monoisotopic (exact) mass is 270 g/mol. The van der Waals surface area contributed by atoms with E-state index in [1.54, 1.807) is 0 Å². The summed E-state index contributed by atoms with van der Waals surface area (Å²) in [5.74, 6) is 2.16. The second-order valence-electron chi connectivity index (χ2n) is 4.85. The fourth-order valence-corrected chi connectivity index (χ4v) is 7.78. The quantitative estimate of drug-likeness (QED) is 0.630. The van der Waals surface area contributed by atoms with E-state index in [-0.39, 0.29) is 18.2 Å². The second kappa shape index (κ2) is 7.51. The van der Waals surface area contributed by atoms with Crippen LogP contribution in [0.2, 0.25) is 4.05 Å². The first kappa shape index (κ1) is 13.3. The Hall–Kier alpha value is 1.25. The summed E-state index contributed by atoms with van der Waals surface area (Å²) in [6.45, 7) is 4.69. The van der Waals surface area contributed by atoms with E-state index in [9.17, 15) is 0 Å². The fourth-order valence-electron chi connectivity index (χ4n) is 3.17. The maximum absolute atomic E-state index is 3.87. The highest BCUT2D eigenvalue weighted by atomic mass is 79.9. The minimum absolute atomic E-state index is 0.0452. The largest absolute Gasteiger partial charge is 0.472 e. The Labute approximate surface area is 105 Å². The Kier molecular flexibility index (Phi) is 7.14. The first-order valence-electron chi connectivity index (χ1n) is 6.39. The van der Waals surface area contributed by atoms with Gasteiger partial charge in [0, 0.05) is 0 Å². The van der Waals surface area contributed by atoms with Crippen LogP contribution in [-0.2, 0) is 0 Å². The lowest BCUT2D eigenvalue weighted by atomic mass is 9.77. The van der Waals surface area contributed by atoms with Crippen LogP contribution in [0.4, 0.5) is 0 Å². The molecule has 2 atom stereocenters. The predicted molar refractivity (Wildman–Crippen MR) is 69.1 cm³/mol. The van der Waals surface area contributed by atoms with Crippen molar-refractivity contribution in [2.24, 2.45) is 11.8 Å². The average Bonchev–Trinajstić information content (AvgIpc) is 2.19. The molecule has 1 rings (SSSR count). The van der Waals surface area contributed by atoms with Crippen LogP contribution in [0.5, 0.6) is 0 Å². The molecule has 0 aromatic rings. The first-order valence-corrected chi connectivity index (χ1v) is 11.1. The summed E-state index contributed by atoms with van der Waals surface area (Å²) in [4.78, 5) is 0. The van der Waals surface area contributed by atoms with E-state index in [0.29, 0.717) is 0 Å². The van der Waals surface area contributed by atoms with Gasteiger partial charge in [-0.1, -0.05) is 70.6 Å². The van der Waals surface area contributed by atoms with Crippen molar-refractivity contribution in [2.75, 3.05) is 0 Å². The molecule has 0 amide bonds. The molecule has 0 heterocycles. The lowest BCUT2D eigenvalue weighted by Crippen LogP contribution is -2.26. The molecule has 0 bridgehead atoms. The van der Waals surface area contributed by atoms with Crippen LogP contribution < -0.4 is 0 Å². The van der Waals surface area contributed by atoms with Crippen LogP contribution in [0.1, 0.15) is 58.8 Å². The van der Waals surface area contributed by atoms with Gasteiger partial charge in [0.25, 0.3) is 0 Å². The molecular formula is C12H23BrMg. The van der Waals surface area contributed by atoms with Gasteiger partial charge in [0.05, 0.1) is 0 Å². The zero-order valence-corrected chi connectivity index (χ0v) is 12.8. The number of rotatable bonds is 5. The van der Waals surface area contributed by atoms with Crippen LogP contribution in [0.3, 0.4) is 0 Å². The van der Waals surface area contributed by atoms with Gasteiger partial charge >= 0.3 is 18.2 Å². The minimum Gasteiger partial charge on any atom is -0.306 e. The van der Waals surface area contributed by atoms with Gasteiger partial charge in [0.2, 0.25) is 0 Å². The van der Waals surface area contributed by atoms with Crippen molar-refractivity contribution in [2.45, 2.75) is 62.8 Å². The highest BCUT2D eigenvalue weighted by Crippen LogP contribution is 2.43. The molecule has 14 heavy (non-hydrogen) atoms. The number of hydrogen-bond donors (Lipinski definition) is 0. The van der Waals surface area contributed by atoms with E-state index < -0.39 is 0 Å². The lowest BCUT2D eigenvalue weighted by Gasteiger charge is -2.38. The summed E-state index contributed by atoms with van der Waals surface area (Å²) in [5.41, 5.74) is 0. The third kappa shape index (κ3) is 3.68. The molecule has 0 N–H and O–H groups in total. The van der Waals surface area contributed by atoms with E-state index in [1.165, 1.54) is 44.9 Å². The highest BCUT2D eigenvalue weighted by Gasteiger charge is 2.31. The first-order chi connectivity index (χ1) is 6.83. The van der Waals surface area contributed by atoms with Crippen LogP contribution in [0, 0.1) is 11.8 Å². The van der Waals surface area contributed by atoms with Crippen molar-refractivity contribution in [3.05, 3.63) is 0 Å². The van der Waals surface area contributed by atoms with Gasteiger partial charge in [-0.2, -0.15) is 0 Å². The summed E-state index contributed by atoms with van der Waals surface area (Å²) in [6.07, 6.45) is 10.3. The van der Waals surface area contributed by atoms with Crippen LogP contribution in [-0.4, -0.2) is 18.2 Å². The van der Waals surface area contributed by atoms with Gasteiger partial charge in [0.15, 0.2) is 0 Å². The normalized spacial score (nSPS) is 32.6.